The van der Waals surface area contributed by atoms with Crippen molar-refractivity contribution in [3.05, 3.63) is 57.8 Å². The van der Waals surface area contributed by atoms with Crippen molar-refractivity contribution >= 4 is 29.9 Å². The number of carbonyl (C=O) groups excluding carboxylic acids is 2. The summed E-state index contributed by atoms with van der Waals surface area (Å²) < 4.78 is -1.11. The van der Waals surface area contributed by atoms with E-state index in [4.69, 9.17) is 18.4 Å². The summed E-state index contributed by atoms with van der Waals surface area (Å²) in [5.41, 5.74) is 10.2. The number of carbonyl (C=O) groups is 2. The normalized spacial score (nSPS) is 25.5. The van der Waals surface area contributed by atoms with Crippen LogP contribution < -0.4 is 10.6 Å². The molecule has 0 bridgehead atoms. The average Bonchev–Trinajstić information content (AvgIpc) is 2.77. The van der Waals surface area contributed by atoms with E-state index in [2.05, 4.69) is 18.4 Å². The van der Waals surface area contributed by atoms with E-state index in [-0.39, 0.29) is 34.8 Å². The lowest BCUT2D eigenvalue weighted by Crippen LogP contribution is -2.51. The van der Waals surface area contributed by atoms with Crippen LogP contribution in [0.25, 0.3) is 0 Å². The minimum Gasteiger partial charge on any atom is -0.506 e. The summed E-state index contributed by atoms with van der Waals surface area (Å²) in [4.78, 5) is 29.4. The first-order valence-electron chi connectivity index (χ1n) is 11.8. The Morgan fingerprint density at radius 3 is 2.71 bits per heavy atom. The molecule has 1 aromatic rings. The summed E-state index contributed by atoms with van der Waals surface area (Å²) in [6.07, 6.45) is 5.42. The van der Waals surface area contributed by atoms with Gasteiger partial charge in [0.05, 0.1) is 11.1 Å². The first kappa shape index (κ1) is 24.2. The standard InChI is InChI=1S/C28H32N2O3S/c1-6-7-8-9-17-14-22(30(4)5)21-13-18-12-19-10-11-20(16(3)29)27(33)28(19,34)15(2)23(18)26(32)24(21)25(17)31/h11,14,18-19,31,34H,3,6-7,10,12-13,29H2,1-2,4-5H3/t18?,19?,28-/m1/s1. The maximum atomic E-state index is 14.0. The predicted octanol–water partition coefficient (Wildman–Crippen LogP) is 4.34. The summed E-state index contributed by atoms with van der Waals surface area (Å²) in [6, 6.07) is 1.88. The van der Waals surface area contributed by atoms with Crippen LogP contribution in [0.4, 0.5) is 5.69 Å². The summed E-state index contributed by atoms with van der Waals surface area (Å²) >= 11 is 4.91. The second-order valence-corrected chi connectivity index (χ2v) is 10.5. The van der Waals surface area contributed by atoms with Crippen LogP contribution in [0, 0.1) is 23.7 Å². The quantitative estimate of drug-likeness (QED) is 0.446. The number of hydrogen-bond donors (Lipinski definition) is 3. The molecule has 3 atom stereocenters. The number of allylic oxidation sites excluding steroid dienone is 3. The molecule has 0 aromatic heterocycles. The number of hydrogen-bond acceptors (Lipinski definition) is 6. The van der Waals surface area contributed by atoms with E-state index in [9.17, 15) is 14.7 Å². The SMILES string of the molecule is C=C(N)C1=CCC2CC3Cc4c(N(C)C)cc(C#CCCC)c(O)c4C(=O)C3=C(C)[C@]2(S)C1=O. The fraction of sp³-hybridized carbons (Fsp3) is 0.429. The Labute approximate surface area is 207 Å². The van der Waals surface area contributed by atoms with Crippen molar-refractivity contribution in [2.24, 2.45) is 17.6 Å². The van der Waals surface area contributed by atoms with Gasteiger partial charge in [0, 0.05) is 43.0 Å². The Bertz CT molecular complexity index is 1240. The number of nitrogens with two attached hydrogens (primary N) is 1. The zero-order valence-corrected chi connectivity index (χ0v) is 21.2. The molecule has 4 rings (SSSR count). The molecule has 2 unspecified atom stereocenters. The number of aromatic hydroxyl groups is 1. The van der Waals surface area contributed by atoms with E-state index >= 15 is 0 Å². The van der Waals surface area contributed by atoms with Crippen LogP contribution >= 0.6 is 12.6 Å². The topological polar surface area (TPSA) is 83.6 Å². The molecule has 34 heavy (non-hydrogen) atoms. The Balaban J connectivity index is 1.91. The van der Waals surface area contributed by atoms with Crippen molar-refractivity contribution in [1.82, 2.24) is 0 Å². The monoisotopic (exact) mass is 476 g/mol. The molecule has 3 aliphatic carbocycles. The second-order valence-electron chi connectivity index (χ2n) is 9.77. The van der Waals surface area contributed by atoms with Gasteiger partial charge < -0.3 is 15.7 Å². The van der Waals surface area contributed by atoms with Gasteiger partial charge in [0.15, 0.2) is 11.6 Å². The number of phenolic OH excluding ortho intramolecular Hbond substituents is 1. The largest absolute Gasteiger partial charge is 0.506 e. The van der Waals surface area contributed by atoms with Crippen LogP contribution in [0.3, 0.4) is 0 Å². The summed E-state index contributed by atoms with van der Waals surface area (Å²) in [7, 11) is 3.87. The Kier molecular flexibility index (Phi) is 6.20. The Morgan fingerprint density at radius 1 is 1.38 bits per heavy atom. The number of Topliss-reactive ketones (excluding diaryl/α,β-unsaturated/α-hetero) is 2. The van der Waals surface area contributed by atoms with Gasteiger partial charge in [0.1, 0.15) is 10.5 Å². The number of rotatable bonds is 3. The second kappa shape index (κ2) is 8.70. The van der Waals surface area contributed by atoms with E-state index in [1.54, 1.807) is 0 Å². The van der Waals surface area contributed by atoms with Gasteiger partial charge in [-0.2, -0.15) is 12.6 Å². The molecule has 0 spiro atoms. The van der Waals surface area contributed by atoms with Crippen LogP contribution in [0.15, 0.2) is 41.1 Å². The Hall–Kier alpha value is -2.91. The lowest BCUT2D eigenvalue weighted by atomic mass is 9.60. The number of unbranched alkanes of at least 4 members (excludes halogenated alkanes) is 1. The summed E-state index contributed by atoms with van der Waals surface area (Å²) in [5.74, 6) is 5.54. The highest BCUT2D eigenvalue weighted by Gasteiger charge is 2.54. The van der Waals surface area contributed by atoms with Gasteiger partial charge in [-0.1, -0.05) is 31.4 Å². The molecule has 5 nitrogen and oxygen atoms in total. The van der Waals surface area contributed by atoms with Crippen molar-refractivity contribution in [2.45, 2.75) is 50.7 Å². The van der Waals surface area contributed by atoms with Gasteiger partial charge in [-0.25, -0.2) is 0 Å². The molecule has 0 aliphatic heterocycles. The number of benzene rings is 1. The zero-order valence-electron chi connectivity index (χ0n) is 20.3. The lowest BCUT2D eigenvalue weighted by Gasteiger charge is -2.48. The van der Waals surface area contributed by atoms with Gasteiger partial charge in [0.2, 0.25) is 0 Å². The number of ketones is 2. The number of fused-ring (bicyclic) bond motifs is 3. The molecular formula is C28H32N2O3S. The Morgan fingerprint density at radius 2 is 2.09 bits per heavy atom. The maximum Gasteiger partial charge on any atom is 0.193 e. The summed E-state index contributed by atoms with van der Waals surface area (Å²) in [6.45, 7) is 7.62. The molecule has 0 fully saturated rings. The molecule has 0 heterocycles. The van der Waals surface area contributed by atoms with E-state index < -0.39 is 4.75 Å². The molecule has 0 saturated carbocycles. The molecule has 0 radical (unpaired) electrons. The number of phenols is 1. The minimum absolute atomic E-state index is 0.0369. The van der Waals surface area contributed by atoms with Crippen LogP contribution in [0.1, 0.15) is 61.0 Å². The van der Waals surface area contributed by atoms with Crippen LogP contribution in [0.2, 0.25) is 0 Å². The van der Waals surface area contributed by atoms with Gasteiger partial charge in [-0.05, 0) is 61.6 Å². The first-order chi connectivity index (χ1) is 16.0. The van der Waals surface area contributed by atoms with Gasteiger partial charge in [-0.15, -0.1) is 0 Å². The van der Waals surface area contributed by atoms with E-state index in [1.807, 2.05) is 45.0 Å². The lowest BCUT2D eigenvalue weighted by molar-refractivity contribution is -0.118. The van der Waals surface area contributed by atoms with Crippen LogP contribution in [0.5, 0.6) is 5.75 Å². The van der Waals surface area contributed by atoms with Crippen molar-refractivity contribution in [1.29, 1.82) is 0 Å². The fourth-order valence-electron chi connectivity index (χ4n) is 5.76. The number of thiol groups is 1. The molecule has 6 heteroatoms. The van der Waals surface area contributed by atoms with Gasteiger partial charge in [-0.3, -0.25) is 9.59 Å². The number of nitrogens with zero attached hydrogens (tertiary/aromatic N) is 1. The minimum atomic E-state index is -1.11. The van der Waals surface area contributed by atoms with Crippen molar-refractivity contribution in [3.8, 4) is 17.6 Å². The van der Waals surface area contributed by atoms with Gasteiger partial charge >= 0.3 is 0 Å². The third-order valence-corrected chi connectivity index (χ3v) is 8.38. The highest BCUT2D eigenvalue weighted by Crippen LogP contribution is 2.55. The molecule has 3 aliphatic rings. The molecule has 3 N–H and O–H groups in total. The fourth-order valence-corrected chi connectivity index (χ4v) is 6.21. The first-order valence-corrected chi connectivity index (χ1v) is 12.2. The molecule has 0 amide bonds. The van der Waals surface area contributed by atoms with Crippen LogP contribution in [-0.4, -0.2) is 35.5 Å². The highest BCUT2D eigenvalue weighted by molar-refractivity contribution is 7.83. The van der Waals surface area contributed by atoms with Crippen molar-refractivity contribution in [3.63, 3.8) is 0 Å². The van der Waals surface area contributed by atoms with Gasteiger partial charge in [0.25, 0.3) is 0 Å². The smallest absolute Gasteiger partial charge is 0.193 e. The van der Waals surface area contributed by atoms with Crippen LogP contribution in [-0.2, 0) is 11.2 Å². The maximum absolute atomic E-state index is 14.0. The highest BCUT2D eigenvalue weighted by atomic mass is 32.1. The van der Waals surface area contributed by atoms with Crippen molar-refractivity contribution < 1.29 is 14.7 Å². The average molecular weight is 477 g/mol. The third kappa shape index (κ3) is 3.49. The summed E-state index contributed by atoms with van der Waals surface area (Å²) in [5, 5.41) is 11.2. The third-order valence-electron chi connectivity index (χ3n) is 7.47. The molecular weight excluding hydrogens is 444 g/mol. The van der Waals surface area contributed by atoms with E-state index in [0.29, 0.717) is 53.5 Å². The van der Waals surface area contributed by atoms with Crippen molar-refractivity contribution in [2.75, 3.05) is 19.0 Å². The number of anilines is 1. The molecule has 0 saturated heterocycles. The molecule has 1 aromatic carbocycles. The zero-order chi connectivity index (χ0) is 24.9. The van der Waals surface area contributed by atoms with E-state index in [1.165, 1.54) is 0 Å². The predicted molar refractivity (Wildman–Crippen MR) is 139 cm³/mol. The molecule has 178 valence electrons. The van der Waals surface area contributed by atoms with E-state index in [0.717, 1.165) is 17.7 Å².